The number of H-pyrrole nitrogens is 1. The molecule has 4 N–H and O–H groups in total. The molecule has 160 valence electrons. The summed E-state index contributed by atoms with van der Waals surface area (Å²) < 4.78 is 7.14. The highest BCUT2D eigenvalue weighted by atomic mass is 16.5. The molecule has 29 heavy (non-hydrogen) atoms. The van der Waals surface area contributed by atoms with Crippen LogP contribution in [0.3, 0.4) is 0 Å². The standard InChI is InChI=1S/C19H30N6O4/c1-2-3-11-29-18-22-16(20)15-17(23-18)25(19(28)21-15)8-4-7-24-9-5-13(6-10-24)12-14(26)27/h13H,2-12H2,1H3,(H,21,28)(H,26,27)(H2,20,22,23). The lowest BCUT2D eigenvalue weighted by molar-refractivity contribution is -0.138. The molecule has 0 bridgehead atoms. The average molecular weight is 406 g/mol. The number of carbonyl (C=O) groups is 1. The van der Waals surface area contributed by atoms with E-state index in [2.05, 4.69) is 26.8 Å². The molecule has 3 heterocycles. The van der Waals surface area contributed by atoms with Crippen molar-refractivity contribution >= 4 is 23.0 Å². The number of hydrogen-bond acceptors (Lipinski definition) is 7. The maximum atomic E-state index is 12.4. The van der Waals surface area contributed by atoms with E-state index in [1.807, 2.05) is 0 Å². The third kappa shape index (κ3) is 5.47. The lowest BCUT2D eigenvalue weighted by Crippen LogP contribution is -2.35. The van der Waals surface area contributed by atoms with E-state index in [0.717, 1.165) is 51.7 Å². The number of aliphatic carboxylic acids is 1. The fourth-order valence-electron chi connectivity index (χ4n) is 3.72. The summed E-state index contributed by atoms with van der Waals surface area (Å²) in [5.41, 5.74) is 6.62. The van der Waals surface area contributed by atoms with Crippen LogP contribution in [-0.4, -0.2) is 61.7 Å². The van der Waals surface area contributed by atoms with Crippen molar-refractivity contribution in [1.29, 1.82) is 0 Å². The van der Waals surface area contributed by atoms with Crippen molar-refractivity contribution in [3.63, 3.8) is 0 Å². The Bertz CT molecular complexity index is 885. The van der Waals surface area contributed by atoms with Crippen LogP contribution in [0.2, 0.25) is 0 Å². The number of aromatic amines is 1. The molecular formula is C19H30N6O4. The normalized spacial score (nSPS) is 15.8. The first kappa shape index (κ1) is 21.1. The van der Waals surface area contributed by atoms with Gasteiger partial charge in [0.1, 0.15) is 5.52 Å². The SMILES string of the molecule is CCCCOc1nc(N)c2[nH]c(=O)n(CCCN3CCC(CC(=O)O)CC3)c2n1. The minimum Gasteiger partial charge on any atom is -0.481 e. The van der Waals surface area contributed by atoms with E-state index >= 15 is 0 Å². The summed E-state index contributed by atoms with van der Waals surface area (Å²) >= 11 is 0. The summed E-state index contributed by atoms with van der Waals surface area (Å²) in [4.78, 5) is 36.8. The maximum absolute atomic E-state index is 12.4. The maximum Gasteiger partial charge on any atom is 0.327 e. The number of aromatic nitrogens is 4. The van der Waals surface area contributed by atoms with Gasteiger partial charge in [-0.15, -0.1) is 0 Å². The zero-order valence-electron chi connectivity index (χ0n) is 16.9. The topological polar surface area (TPSA) is 139 Å². The van der Waals surface area contributed by atoms with E-state index in [9.17, 15) is 9.59 Å². The minimum atomic E-state index is -0.721. The highest BCUT2D eigenvalue weighted by Crippen LogP contribution is 2.21. The van der Waals surface area contributed by atoms with Gasteiger partial charge in [0.25, 0.3) is 0 Å². The van der Waals surface area contributed by atoms with Gasteiger partial charge in [0.15, 0.2) is 11.5 Å². The van der Waals surface area contributed by atoms with Crippen molar-refractivity contribution in [2.45, 2.75) is 52.0 Å². The zero-order chi connectivity index (χ0) is 20.8. The summed E-state index contributed by atoms with van der Waals surface area (Å²) in [5, 5.41) is 8.91. The Kier molecular flexibility index (Phi) is 7.08. The summed E-state index contributed by atoms with van der Waals surface area (Å²) in [6.45, 7) is 5.72. The molecule has 0 aliphatic carbocycles. The van der Waals surface area contributed by atoms with Crippen molar-refractivity contribution < 1.29 is 14.6 Å². The van der Waals surface area contributed by atoms with Crippen LogP contribution in [0.5, 0.6) is 6.01 Å². The number of fused-ring (bicyclic) bond motifs is 1. The summed E-state index contributed by atoms with van der Waals surface area (Å²) in [6, 6.07) is 0.191. The van der Waals surface area contributed by atoms with Gasteiger partial charge in [0, 0.05) is 13.0 Å². The number of nitrogens with two attached hydrogens (primary N) is 1. The molecule has 1 aliphatic heterocycles. The molecule has 0 saturated carbocycles. The number of anilines is 1. The second kappa shape index (κ2) is 9.73. The number of nitrogens with one attached hydrogen (secondary N) is 1. The van der Waals surface area contributed by atoms with E-state index in [-0.39, 0.29) is 29.9 Å². The van der Waals surface area contributed by atoms with E-state index < -0.39 is 5.97 Å². The molecular weight excluding hydrogens is 376 g/mol. The number of rotatable bonds is 10. The van der Waals surface area contributed by atoms with Gasteiger partial charge >= 0.3 is 17.7 Å². The van der Waals surface area contributed by atoms with Crippen LogP contribution < -0.4 is 16.2 Å². The van der Waals surface area contributed by atoms with Crippen molar-refractivity contribution in [3.05, 3.63) is 10.5 Å². The quantitative estimate of drug-likeness (QED) is 0.504. The molecule has 1 fully saturated rings. The van der Waals surface area contributed by atoms with E-state index in [1.54, 1.807) is 4.57 Å². The molecule has 0 atom stereocenters. The first-order valence-electron chi connectivity index (χ1n) is 10.3. The molecule has 0 radical (unpaired) electrons. The van der Waals surface area contributed by atoms with Gasteiger partial charge < -0.3 is 25.5 Å². The third-order valence-electron chi connectivity index (χ3n) is 5.39. The molecule has 1 saturated heterocycles. The lowest BCUT2D eigenvalue weighted by atomic mass is 9.93. The van der Waals surface area contributed by atoms with Crippen molar-refractivity contribution in [2.75, 3.05) is 32.0 Å². The Balaban J connectivity index is 1.59. The lowest BCUT2D eigenvalue weighted by Gasteiger charge is -2.31. The molecule has 1 aliphatic rings. The monoisotopic (exact) mass is 406 g/mol. The molecule has 2 aromatic heterocycles. The summed E-state index contributed by atoms with van der Waals surface area (Å²) in [6.07, 6.45) is 4.74. The van der Waals surface area contributed by atoms with Gasteiger partial charge in [-0.05, 0) is 51.2 Å². The average Bonchev–Trinajstić information content (AvgIpc) is 2.99. The smallest absolute Gasteiger partial charge is 0.327 e. The van der Waals surface area contributed by atoms with Crippen LogP contribution >= 0.6 is 0 Å². The second-order valence-corrected chi connectivity index (χ2v) is 7.61. The largest absolute Gasteiger partial charge is 0.481 e. The molecule has 10 nitrogen and oxygen atoms in total. The Labute approximate surface area is 169 Å². The van der Waals surface area contributed by atoms with Gasteiger partial charge in [-0.25, -0.2) is 4.79 Å². The number of likely N-dealkylation sites (tertiary alicyclic amines) is 1. The van der Waals surface area contributed by atoms with Crippen molar-refractivity contribution in [3.8, 4) is 6.01 Å². The number of unbranched alkanes of at least 4 members (excludes halogenated alkanes) is 1. The number of aryl methyl sites for hydroxylation is 1. The number of nitrogen functional groups attached to an aromatic ring is 1. The van der Waals surface area contributed by atoms with Crippen LogP contribution in [0.1, 0.15) is 45.4 Å². The Morgan fingerprint density at radius 2 is 2.03 bits per heavy atom. The summed E-state index contributed by atoms with van der Waals surface area (Å²) in [7, 11) is 0. The van der Waals surface area contributed by atoms with Gasteiger partial charge in [-0.2, -0.15) is 9.97 Å². The fourth-order valence-corrected chi connectivity index (χ4v) is 3.72. The number of piperidine rings is 1. The molecule has 0 amide bonds. The van der Waals surface area contributed by atoms with Gasteiger partial charge in [0.05, 0.1) is 6.61 Å². The molecule has 0 spiro atoms. The van der Waals surface area contributed by atoms with Crippen molar-refractivity contribution in [1.82, 2.24) is 24.4 Å². The molecule has 10 heteroatoms. The van der Waals surface area contributed by atoms with Crippen LogP contribution in [-0.2, 0) is 11.3 Å². The van der Waals surface area contributed by atoms with Crippen LogP contribution in [0.15, 0.2) is 4.79 Å². The van der Waals surface area contributed by atoms with Gasteiger partial charge in [0.2, 0.25) is 0 Å². The molecule has 2 aromatic rings. The first-order chi connectivity index (χ1) is 14.0. The highest BCUT2D eigenvalue weighted by Gasteiger charge is 2.21. The van der Waals surface area contributed by atoms with Crippen LogP contribution in [0, 0.1) is 5.92 Å². The van der Waals surface area contributed by atoms with Gasteiger partial charge in [-0.3, -0.25) is 9.36 Å². The molecule has 3 rings (SSSR count). The van der Waals surface area contributed by atoms with Crippen molar-refractivity contribution in [2.24, 2.45) is 5.92 Å². The molecule has 0 unspecified atom stereocenters. The van der Waals surface area contributed by atoms with Gasteiger partial charge in [-0.1, -0.05) is 13.3 Å². The first-order valence-corrected chi connectivity index (χ1v) is 10.3. The third-order valence-corrected chi connectivity index (χ3v) is 5.39. The number of hydrogen-bond donors (Lipinski definition) is 3. The Morgan fingerprint density at radius 3 is 2.72 bits per heavy atom. The number of carboxylic acid groups (broad SMARTS) is 1. The van der Waals surface area contributed by atoms with E-state index in [1.165, 1.54) is 0 Å². The number of imidazole rings is 1. The number of ether oxygens (including phenoxy) is 1. The van der Waals surface area contributed by atoms with Crippen LogP contribution in [0.25, 0.3) is 11.2 Å². The van der Waals surface area contributed by atoms with E-state index in [0.29, 0.717) is 24.3 Å². The summed E-state index contributed by atoms with van der Waals surface area (Å²) in [5.74, 6) is -0.245. The zero-order valence-corrected chi connectivity index (χ0v) is 16.9. The number of carboxylic acids is 1. The number of nitrogens with zero attached hydrogens (tertiary/aromatic N) is 4. The van der Waals surface area contributed by atoms with Crippen LogP contribution in [0.4, 0.5) is 5.82 Å². The second-order valence-electron chi connectivity index (χ2n) is 7.61. The highest BCUT2D eigenvalue weighted by molar-refractivity contribution is 5.81. The minimum absolute atomic E-state index is 0.191. The fraction of sp³-hybridized carbons (Fsp3) is 0.684. The molecule has 0 aromatic carbocycles. The Morgan fingerprint density at radius 1 is 1.28 bits per heavy atom. The predicted octanol–water partition coefficient (Wildman–Crippen LogP) is 1.46. The Hall–Kier alpha value is -2.62. The predicted molar refractivity (Wildman–Crippen MR) is 109 cm³/mol. The van der Waals surface area contributed by atoms with E-state index in [4.69, 9.17) is 15.6 Å².